The van der Waals surface area contributed by atoms with E-state index in [0.717, 1.165) is 13.0 Å². The van der Waals surface area contributed by atoms with E-state index in [-0.39, 0.29) is 12.7 Å². The van der Waals surface area contributed by atoms with Crippen LogP contribution in [0.25, 0.3) is 0 Å². The minimum atomic E-state index is -0.217. The SMILES string of the molecule is CCCOCCOCC(CO)OC. The molecule has 1 unspecified atom stereocenters. The molecule has 0 aliphatic rings. The first kappa shape index (κ1) is 12.8. The summed E-state index contributed by atoms with van der Waals surface area (Å²) in [6, 6.07) is 0. The predicted molar refractivity (Wildman–Crippen MR) is 49.8 cm³/mol. The van der Waals surface area contributed by atoms with Crippen molar-refractivity contribution >= 4 is 0 Å². The van der Waals surface area contributed by atoms with Crippen LogP contribution in [0.5, 0.6) is 0 Å². The van der Waals surface area contributed by atoms with E-state index >= 15 is 0 Å². The van der Waals surface area contributed by atoms with Gasteiger partial charge in [-0.05, 0) is 6.42 Å². The first-order valence-corrected chi connectivity index (χ1v) is 4.64. The van der Waals surface area contributed by atoms with Crippen LogP contribution in [0.2, 0.25) is 0 Å². The summed E-state index contributed by atoms with van der Waals surface area (Å²) in [5.74, 6) is 0. The summed E-state index contributed by atoms with van der Waals surface area (Å²) in [4.78, 5) is 0. The Kier molecular flexibility index (Phi) is 9.80. The number of aliphatic hydroxyl groups is 1. The predicted octanol–water partition coefficient (Wildman–Crippen LogP) is 0.437. The van der Waals surface area contributed by atoms with Crippen molar-refractivity contribution in [2.24, 2.45) is 0 Å². The van der Waals surface area contributed by atoms with Gasteiger partial charge in [-0.1, -0.05) is 6.92 Å². The van der Waals surface area contributed by atoms with Crippen molar-refractivity contribution in [3.63, 3.8) is 0 Å². The maximum atomic E-state index is 8.73. The lowest BCUT2D eigenvalue weighted by Crippen LogP contribution is -2.23. The van der Waals surface area contributed by atoms with Crippen LogP contribution in [-0.4, -0.2) is 51.4 Å². The van der Waals surface area contributed by atoms with Crippen molar-refractivity contribution < 1.29 is 19.3 Å². The molecule has 0 aliphatic heterocycles. The van der Waals surface area contributed by atoms with Gasteiger partial charge in [0.2, 0.25) is 0 Å². The first-order chi connectivity index (χ1) is 6.35. The molecule has 4 nitrogen and oxygen atoms in total. The molecule has 0 aromatic carbocycles. The van der Waals surface area contributed by atoms with E-state index in [1.807, 2.05) is 0 Å². The summed E-state index contributed by atoms with van der Waals surface area (Å²) in [6.07, 6.45) is 0.809. The van der Waals surface area contributed by atoms with Crippen LogP contribution in [0.3, 0.4) is 0 Å². The van der Waals surface area contributed by atoms with Gasteiger partial charge in [0.15, 0.2) is 0 Å². The van der Waals surface area contributed by atoms with Gasteiger partial charge in [-0.15, -0.1) is 0 Å². The Morgan fingerprint density at radius 3 is 2.38 bits per heavy atom. The van der Waals surface area contributed by atoms with Crippen molar-refractivity contribution in [3.8, 4) is 0 Å². The number of hydrogen-bond acceptors (Lipinski definition) is 4. The molecule has 0 aromatic rings. The zero-order valence-electron chi connectivity index (χ0n) is 8.49. The van der Waals surface area contributed by atoms with Gasteiger partial charge in [-0.3, -0.25) is 0 Å². The van der Waals surface area contributed by atoms with Crippen LogP contribution in [0.15, 0.2) is 0 Å². The van der Waals surface area contributed by atoms with E-state index in [1.54, 1.807) is 7.11 Å². The Morgan fingerprint density at radius 2 is 1.85 bits per heavy atom. The minimum absolute atomic E-state index is 0.00762. The van der Waals surface area contributed by atoms with E-state index in [2.05, 4.69) is 6.92 Å². The third-order valence-corrected chi connectivity index (χ3v) is 1.56. The van der Waals surface area contributed by atoms with Crippen LogP contribution in [-0.2, 0) is 14.2 Å². The lowest BCUT2D eigenvalue weighted by molar-refractivity contribution is -0.0338. The summed E-state index contributed by atoms with van der Waals surface area (Å²) in [6.45, 7) is 4.41. The van der Waals surface area contributed by atoms with Gasteiger partial charge < -0.3 is 19.3 Å². The van der Waals surface area contributed by atoms with Gasteiger partial charge >= 0.3 is 0 Å². The van der Waals surface area contributed by atoms with Crippen molar-refractivity contribution in [3.05, 3.63) is 0 Å². The Bertz CT molecular complexity index is 93.6. The number of methoxy groups -OCH3 is 1. The van der Waals surface area contributed by atoms with E-state index in [9.17, 15) is 0 Å². The molecule has 0 bridgehead atoms. The molecule has 1 atom stereocenters. The van der Waals surface area contributed by atoms with Gasteiger partial charge in [0.25, 0.3) is 0 Å². The lowest BCUT2D eigenvalue weighted by atomic mass is 10.4. The largest absolute Gasteiger partial charge is 0.394 e. The number of hydrogen-bond donors (Lipinski definition) is 1. The smallest absolute Gasteiger partial charge is 0.103 e. The van der Waals surface area contributed by atoms with Crippen LogP contribution >= 0.6 is 0 Å². The van der Waals surface area contributed by atoms with Crippen molar-refractivity contribution in [1.82, 2.24) is 0 Å². The standard InChI is InChI=1S/C9H20O4/c1-3-4-12-5-6-13-8-9(7-10)11-2/h9-10H,3-8H2,1-2H3. The Morgan fingerprint density at radius 1 is 1.15 bits per heavy atom. The fraction of sp³-hybridized carbons (Fsp3) is 1.00. The third-order valence-electron chi connectivity index (χ3n) is 1.56. The summed E-state index contributed by atoms with van der Waals surface area (Å²) < 4.78 is 15.3. The topological polar surface area (TPSA) is 47.9 Å². The van der Waals surface area contributed by atoms with E-state index < -0.39 is 0 Å². The molecule has 0 amide bonds. The van der Waals surface area contributed by atoms with Gasteiger partial charge in [0, 0.05) is 13.7 Å². The summed E-state index contributed by atoms with van der Waals surface area (Å²) in [5.41, 5.74) is 0. The molecule has 0 saturated carbocycles. The highest BCUT2D eigenvalue weighted by atomic mass is 16.5. The highest BCUT2D eigenvalue weighted by Crippen LogP contribution is 1.90. The van der Waals surface area contributed by atoms with Crippen LogP contribution in [0.1, 0.15) is 13.3 Å². The van der Waals surface area contributed by atoms with Gasteiger partial charge in [0.1, 0.15) is 6.10 Å². The summed E-state index contributed by atoms with van der Waals surface area (Å²) in [5, 5.41) is 8.73. The number of rotatable bonds is 9. The number of aliphatic hydroxyl groups excluding tert-OH is 1. The van der Waals surface area contributed by atoms with Crippen molar-refractivity contribution in [2.75, 3.05) is 40.1 Å². The second kappa shape index (κ2) is 9.92. The lowest BCUT2D eigenvalue weighted by Gasteiger charge is -2.12. The van der Waals surface area contributed by atoms with Crippen molar-refractivity contribution in [2.45, 2.75) is 19.4 Å². The molecular formula is C9H20O4. The van der Waals surface area contributed by atoms with Gasteiger partial charge in [-0.2, -0.15) is 0 Å². The highest BCUT2D eigenvalue weighted by molar-refractivity contribution is 4.51. The molecule has 4 heteroatoms. The highest BCUT2D eigenvalue weighted by Gasteiger charge is 2.04. The second-order valence-electron chi connectivity index (χ2n) is 2.73. The molecule has 13 heavy (non-hydrogen) atoms. The van der Waals surface area contributed by atoms with Gasteiger partial charge in [-0.25, -0.2) is 0 Å². The van der Waals surface area contributed by atoms with Gasteiger partial charge in [0.05, 0.1) is 26.4 Å². The van der Waals surface area contributed by atoms with E-state index in [0.29, 0.717) is 19.8 Å². The first-order valence-electron chi connectivity index (χ1n) is 4.64. The van der Waals surface area contributed by atoms with Crippen LogP contribution in [0, 0.1) is 0 Å². The number of ether oxygens (including phenoxy) is 3. The third kappa shape index (κ3) is 8.18. The molecule has 1 N–H and O–H groups in total. The average Bonchev–Trinajstić information content (AvgIpc) is 2.17. The normalized spacial score (nSPS) is 13.2. The van der Waals surface area contributed by atoms with Crippen molar-refractivity contribution in [1.29, 1.82) is 0 Å². The minimum Gasteiger partial charge on any atom is -0.394 e. The molecule has 0 saturated heterocycles. The monoisotopic (exact) mass is 192 g/mol. The average molecular weight is 192 g/mol. The molecule has 0 rings (SSSR count). The zero-order valence-corrected chi connectivity index (χ0v) is 8.49. The van der Waals surface area contributed by atoms with Crippen LogP contribution < -0.4 is 0 Å². The van der Waals surface area contributed by atoms with E-state index in [4.69, 9.17) is 19.3 Å². The molecule has 0 fully saturated rings. The van der Waals surface area contributed by atoms with Crippen LogP contribution in [0.4, 0.5) is 0 Å². The maximum absolute atomic E-state index is 8.73. The molecular weight excluding hydrogens is 172 g/mol. The Hall–Kier alpha value is -0.160. The second-order valence-corrected chi connectivity index (χ2v) is 2.73. The Balaban J connectivity index is 3.05. The van der Waals surface area contributed by atoms with E-state index in [1.165, 1.54) is 0 Å². The molecule has 0 spiro atoms. The zero-order chi connectivity index (χ0) is 9.94. The molecule has 0 aliphatic carbocycles. The molecule has 80 valence electrons. The quantitative estimate of drug-likeness (QED) is 0.538. The summed E-state index contributed by atoms with van der Waals surface area (Å²) in [7, 11) is 1.55. The molecule has 0 heterocycles. The summed E-state index contributed by atoms with van der Waals surface area (Å²) >= 11 is 0. The fourth-order valence-electron chi connectivity index (χ4n) is 0.774. The fourth-order valence-corrected chi connectivity index (χ4v) is 0.774. The molecule has 0 aromatic heterocycles. The Labute approximate surface area is 79.8 Å². The molecule has 0 radical (unpaired) electrons. The maximum Gasteiger partial charge on any atom is 0.103 e.